The first-order valence-electron chi connectivity index (χ1n) is 10.9. The molecule has 0 aliphatic heterocycles. The zero-order valence-electron chi connectivity index (χ0n) is 20.0. The van der Waals surface area contributed by atoms with Crippen LogP contribution in [0.4, 0.5) is 24.5 Å². The molecule has 0 fully saturated rings. The van der Waals surface area contributed by atoms with E-state index in [0.717, 1.165) is 12.1 Å². The quantitative estimate of drug-likeness (QED) is 0.370. The minimum atomic E-state index is -4.58. The highest BCUT2D eigenvalue weighted by molar-refractivity contribution is 6.05. The van der Waals surface area contributed by atoms with Gasteiger partial charge in [0.15, 0.2) is 5.58 Å². The molecule has 8 nitrogen and oxygen atoms in total. The summed E-state index contributed by atoms with van der Waals surface area (Å²) < 4.78 is 56.1. The van der Waals surface area contributed by atoms with Crippen LogP contribution in [0.5, 0.6) is 11.5 Å². The van der Waals surface area contributed by atoms with Crippen molar-refractivity contribution in [1.29, 1.82) is 0 Å². The second-order valence-corrected chi connectivity index (χ2v) is 7.92. The Morgan fingerprint density at radius 2 is 1.92 bits per heavy atom. The number of ether oxygens (including phenoxy) is 2. The lowest BCUT2D eigenvalue weighted by Crippen LogP contribution is -2.22. The number of hydrogen-bond donors (Lipinski definition) is 2. The van der Waals surface area contributed by atoms with Gasteiger partial charge in [0.2, 0.25) is 5.55 Å². The van der Waals surface area contributed by atoms with Gasteiger partial charge in [0.05, 0.1) is 32.1 Å². The number of aliphatic hydroxyl groups excluding tert-OH is 1. The molecule has 4 rings (SSSR count). The van der Waals surface area contributed by atoms with Crippen LogP contribution in [0.2, 0.25) is 0 Å². The number of nitrogens with zero attached hydrogens (tertiary/aromatic N) is 2. The second-order valence-electron chi connectivity index (χ2n) is 7.92. The number of hydrogen-bond acceptors (Lipinski definition) is 7. The normalized spacial score (nSPS) is 12.0. The van der Waals surface area contributed by atoms with Gasteiger partial charge >= 0.3 is 6.18 Å². The van der Waals surface area contributed by atoms with Gasteiger partial charge in [0.1, 0.15) is 22.7 Å². The Hall–Kier alpha value is -4.38. The third-order valence-corrected chi connectivity index (χ3v) is 5.52. The zero-order valence-corrected chi connectivity index (χ0v) is 20.0. The first-order chi connectivity index (χ1) is 17.6. The molecule has 0 saturated heterocycles. The minimum absolute atomic E-state index is 0.0712. The van der Waals surface area contributed by atoms with Crippen molar-refractivity contribution in [2.75, 3.05) is 19.5 Å². The van der Waals surface area contributed by atoms with Gasteiger partial charge in [-0.05, 0) is 43.3 Å². The molecule has 0 radical (unpaired) electrons. The molecule has 1 amide bonds. The van der Waals surface area contributed by atoms with E-state index in [1.807, 2.05) is 0 Å². The van der Waals surface area contributed by atoms with Crippen LogP contribution in [0.1, 0.15) is 27.2 Å². The number of carbonyl (C=O) groups excluding carboxylic acids is 1. The van der Waals surface area contributed by atoms with E-state index < -0.39 is 17.6 Å². The molecule has 2 N–H and O–H groups in total. The number of aromatic nitrogens is 1. The van der Waals surface area contributed by atoms with Crippen LogP contribution in [0.25, 0.3) is 11.0 Å². The van der Waals surface area contributed by atoms with Crippen LogP contribution in [-0.4, -0.2) is 30.2 Å². The van der Waals surface area contributed by atoms with Crippen LogP contribution >= 0.6 is 0 Å². The highest BCUT2D eigenvalue weighted by Crippen LogP contribution is 2.32. The van der Waals surface area contributed by atoms with Crippen molar-refractivity contribution in [3.8, 4) is 11.5 Å². The van der Waals surface area contributed by atoms with Gasteiger partial charge in [-0.3, -0.25) is 9.78 Å². The lowest BCUT2D eigenvalue weighted by atomic mass is 10.1. The standard InChI is InChI=1S/C26H22F3N3O5/c1-14-23-19(15(13-33)12-30-14)11-20(24(34)31-17-6-4-5-16(9-17)26(27,28)29)25(37-23)32-21-10-18(35-2)7-8-22(21)36-3/h4-12,33H,13H2,1-3H3,(H,31,34). The third-order valence-electron chi connectivity index (χ3n) is 5.52. The van der Waals surface area contributed by atoms with Crippen LogP contribution in [0.15, 0.2) is 64.1 Å². The van der Waals surface area contributed by atoms with Crippen molar-refractivity contribution in [1.82, 2.24) is 4.98 Å². The van der Waals surface area contributed by atoms with Gasteiger partial charge in [-0.15, -0.1) is 0 Å². The molecule has 192 valence electrons. The maximum Gasteiger partial charge on any atom is 0.416 e. The SMILES string of the molecule is COc1ccc(OC)c(N=c2oc3c(C)ncc(CO)c3cc2C(=O)Nc2cccc(C(F)(F)F)c2)c1. The molecular formula is C26H22F3N3O5. The van der Waals surface area contributed by atoms with E-state index in [9.17, 15) is 23.1 Å². The highest BCUT2D eigenvalue weighted by Gasteiger charge is 2.30. The zero-order chi connectivity index (χ0) is 26.7. The van der Waals surface area contributed by atoms with Crippen LogP contribution in [0, 0.1) is 6.92 Å². The van der Waals surface area contributed by atoms with Crippen molar-refractivity contribution in [2.45, 2.75) is 19.7 Å². The number of aryl methyl sites for hydroxylation is 1. The minimum Gasteiger partial charge on any atom is -0.497 e. The molecule has 0 bridgehead atoms. The van der Waals surface area contributed by atoms with Crippen molar-refractivity contribution >= 4 is 28.3 Å². The monoisotopic (exact) mass is 513 g/mol. The van der Waals surface area contributed by atoms with E-state index in [-0.39, 0.29) is 34.7 Å². The largest absolute Gasteiger partial charge is 0.497 e. The molecule has 37 heavy (non-hydrogen) atoms. The van der Waals surface area contributed by atoms with Gasteiger partial charge in [0, 0.05) is 28.9 Å². The first-order valence-corrected chi connectivity index (χ1v) is 10.9. The number of alkyl halides is 3. The molecule has 2 heterocycles. The van der Waals surface area contributed by atoms with Crippen molar-refractivity contribution in [3.05, 3.63) is 82.7 Å². The molecule has 0 saturated carbocycles. The number of carbonyl (C=O) groups is 1. The summed E-state index contributed by atoms with van der Waals surface area (Å²) in [6.07, 6.45) is -3.13. The number of aliphatic hydroxyl groups is 1. The Balaban J connectivity index is 1.93. The average Bonchev–Trinajstić information content (AvgIpc) is 2.88. The van der Waals surface area contributed by atoms with Gasteiger partial charge in [-0.2, -0.15) is 13.2 Å². The second kappa shape index (κ2) is 10.3. The van der Waals surface area contributed by atoms with Crippen LogP contribution < -0.4 is 20.3 Å². The summed E-state index contributed by atoms with van der Waals surface area (Å²) in [6, 6.07) is 10.6. The van der Waals surface area contributed by atoms with Crippen LogP contribution in [-0.2, 0) is 12.8 Å². The number of halogens is 3. The van der Waals surface area contributed by atoms with Gasteiger partial charge < -0.3 is 24.3 Å². The number of amides is 1. The van der Waals surface area contributed by atoms with E-state index >= 15 is 0 Å². The molecule has 11 heteroatoms. The summed E-state index contributed by atoms with van der Waals surface area (Å²) in [6.45, 7) is 1.31. The number of methoxy groups -OCH3 is 2. The van der Waals surface area contributed by atoms with Crippen molar-refractivity contribution in [3.63, 3.8) is 0 Å². The molecule has 0 aliphatic carbocycles. The van der Waals surface area contributed by atoms with Gasteiger partial charge in [-0.1, -0.05) is 6.07 Å². The fourth-order valence-corrected chi connectivity index (χ4v) is 3.63. The molecule has 0 aliphatic rings. The Bertz CT molecular complexity index is 1550. The third kappa shape index (κ3) is 5.41. The number of pyridine rings is 1. The Morgan fingerprint density at radius 3 is 2.59 bits per heavy atom. The molecule has 2 aromatic carbocycles. The molecule has 0 atom stereocenters. The number of anilines is 1. The number of nitrogens with one attached hydrogen (secondary N) is 1. The summed E-state index contributed by atoms with van der Waals surface area (Å²) >= 11 is 0. The van der Waals surface area contributed by atoms with E-state index in [0.29, 0.717) is 28.1 Å². The maximum absolute atomic E-state index is 13.3. The van der Waals surface area contributed by atoms with Crippen LogP contribution in [0.3, 0.4) is 0 Å². The van der Waals surface area contributed by atoms with E-state index in [1.165, 1.54) is 38.6 Å². The Labute approximate surface area is 209 Å². The number of benzene rings is 2. The fraction of sp³-hybridized carbons (Fsp3) is 0.192. The topological polar surface area (TPSA) is 106 Å². The van der Waals surface area contributed by atoms with Gasteiger partial charge in [-0.25, -0.2) is 4.99 Å². The van der Waals surface area contributed by atoms with E-state index in [4.69, 9.17) is 13.9 Å². The molecule has 0 spiro atoms. The summed E-state index contributed by atoms with van der Waals surface area (Å²) in [4.78, 5) is 22.0. The van der Waals surface area contributed by atoms with Gasteiger partial charge in [0.25, 0.3) is 5.91 Å². The molecular weight excluding hydrogens is 491 g/mol. The number of rotatable bonds is 6. The summed E-state index contributed by atoms with van der Waals surface area (Å²) in [5.74, 6) is 0.0546. The first kappa shape index (κ1) is 25.7. The summed E-state index contributed by atoms with van der Waals surface area (Å²) in [5.41, 5.74) is 0.208. The highest BCUT2D eigenvalue weighted by atomic mass is 19.4. The molecule has 4 aromatic rings. The smallest absolute Gasteiger partial charge is 0.416 e. The summed E-state index contributed by atoms with van der Waals surface area (Å²) in [7, 11) is 2.92. The van der Waals surface area contributed by atoms with Crippen molar-refractivity contribution in [2.24, 2.45) is 4.99 Å². The maximum atomic E-state index is 13.3. The predicted molar refractivity (Wildman–Crippen MR) is 129 cm³/mol. The lowest BCUT2D eigenvalue weighted by Gasteiger charge is -2.12. The summed E-state index contributed by atoms with van der Waals surface area (Å²) in [5, 5.41) is 12.7. The molecule has 0 unspecified atom stereocenters. The predicted octanol–water partition coefficient (Wildman–Crippen LogP) is 5.15. The lowest BCUT2D eigenvalue weighted by molar-refractivity contribution is -0.137. The molecule has 2 aromatic heterocycles. The van der Waals surface area contributed by atoms with E-state index in [2.05, 4.69) is 15.3 Å². The average molecular weight is 513 g/mol. The number of fused-ring (bicyclic) bond motifs is 1. The van der Waals surface area contributed by atoms with E-state index in [1.54, 1.807) is 25.1 Å². The Kier molecular flexibility index (Phi) is 7.16. The van der Waals surface area contributed by atoms with Crippen molar-refractivity contribution < 1.29 is 37.0 Å². The Morgan fingerprint density at radius 1 is 1.14 bits per heavy atom. The fourth-order valence-electron chi connectivity index (χ4n) is 3.63.